The molecule has 3 rings (SSSR count). The largest absolute Gasteiger partial charge is 0.504 e. The number of nitrogens with zero attached hydrogens (tertiary/aromatic N) is 4. The molecule has 27 heavy (non-hydrogen) atoms. The fraction of sp³-hybridized carbons (Fsp3) is 0.0625. The first-order valence-electron chi connectivity index (χ1n) is 7.24. The summed E-state index contributed by atoms with van der Waals surface area (Å²) in [7, 11) is 0. The molecule has 0 unspecified atom stereocenters. The van der Waals surface area contributed by atoms with Gasteiger partial charge < -0.3 is 10.2 Å². The van der Waals surface area contributed by atoms with E-state index in [-0.39, 0.29) is 22.6 Å². The van der Waals surface area contributed by atoms with Crippen molar-refractivity contribution in [3.05, 3.63) is 58.5 Å². The molecule has 0 saturated heterocycles. The van der Waals surface area contributed by atoms with E-state index in [2.05, 4.69) is 15.0 Å². The number of pyridine rings is 1. The number of phenolic OH excluding ortho intramolecular Hbond substituents is 2. The first-order chi connectivity index (χ1) is 12.7. The van der Waals surface area contributed by atoms with Gasteiger partial charge in [0, 0.05) is 35.8 Å². The number of hydrogen-bond donors (Lipinski definition) is 2. The maximum absolute atomic E-state index is 13.2. The highest BCUT2D eigenvalue weighted by molar-refractivity contribution is 5.71. The number of phenols is 2. The van der Waals surface area contributed by atoms with Crippen LogP contribution in [0.4, 0.5) is 18.9 Å². The summed E-state index contributed by atoms with van der Waals surface area (Å²) in [5.74, 6) is -2.00. The predicted molar refractivity (Wildman–Crippen MR) is 85.7 cm³/mol. The molecular weight excluding hydrogens is 369 g/mol. The number of nitro benzene ring substituents is 1. The first-order valence-corrected chi connectivity index (χ1v) is 7.24. The molecule has 8 nitrogen and oxygen atoms in total. The van der Waals surface area contributed by atoms with Crippen molar-refractivity contribution in [1.82, 2.24) is 15.0 Å². The summed E-state index contributed by atoms with van der Waals surface area (Å²) in [6, 6.07) is 4.02. The fourth-order valence-corrected chi connectivity index (χ4v) is 2.36. The molecule has 0 aliphatic heterocycles. The van der Waals surface area contributed by atoms with Crippen molar-refractivity contribution in [2.24, 2.45) is 0 Å². The van der Waals surface area contributed by atoms with E-state index in [1.807, 2.05) is 0 Å². The van der Waals surface area contributed by atoms with Gasteiger partial charge in [0.15, 0.2) is 11.6 Å². The second-order valence-corrected chi connectivity index (χ2v) is 5.30. The highest BCUT2D eigenvalue weighted by Gasteiger charge is 2.34. The molecule has 0 spiro atoms. The van der Waals surface area contributed by atoms with Crippen LogP contribution in [0, 0.1) is 10.1 Å². The Morgan fingerprint density at radius 2 is 1.85 bits per heavy atom. The van der Waals surface area contributed by atoms with E-state index in [1.165, 1.54) is 12.3 Å². The van der Waals surface area contributed by atoms with Crippen LogP contribution >= 0.6 is 0 Å². The summed E-state index contributed by atoms with van der Waals surface area (Å²) in [5.41, 5.74) is -2.12. The fourth-order valence-electron chi connectivity index (χ4n) is 2.36. The van der Waals surface area contributed by atoms with Gasteiger partial charge in [0.2, 0.25) is 5.75 Å². The molecule has 11 heteroatoms. The average Bonchev–Trinajstić information content (AvgIpc) is 2.63. The Hall–Kier alpha value is -3.76. The summed E-state index contributed by atoms with van der Waals surface area (Å²) < 4.78 is 39.5. The molecule has 2 heterocycles. The van der Waals surface area contributed by atoms with E-state index in [9.17, 15) is 33.5 Å². The molecule has 1 aromatic carbocycles. The van der Waals surface area contributed by atoms with Crippen molar-refractivity contribution >= 4 is 5.69 Å². The van der Waals surface area contributed by atoms with Gasteiger partial charge in [-0.25, -0.2) is 9.97 Å². The number of aromatic nitrogens is 3. The van der Waals surface area contributed by atoms with Crippen LogP contribution in [0.5, 0.6) is 11.5 Å². The first kappa shape index (κ1) is 18.0. The second kappa shape index (κ2) is 6.52. The van der Waals surface area contributed by atoms with Gasteiger partial charge in [-0.1, -0.05) is 0 Å². The van der Waals surface area contributed by atoms with E-state index < -0.39 is 33.8 Å². The molecule has 0 aliphatic carbocycles. The van der Waals surface area contributed by atoms with Gasteiger partial charge in [0.1, 0.15) is 0 Å². The van der Waals surface area contributed by atoms with Crippen LogP contribution in [-0.4, -0.2) is 30.1 Å². The highest BCUT2D eigenvalue weighted by atomic mass is 19.4. The maximum Gasteiger partial charge on any atom is 0.417 e. The van der Waals surface area contributed by atoms with Gasteiger partial charge in [-0.3, -0.25) is 15.1 Å². The summed E-state index contributed by atoms with van der Waals surface area (Å²) in [5, 5.41) is 30.2. The number of rotatable bonds is 3. The lowest BCUT2D eigenvalue weighted by atomic mass is 10.1. The molecule has 0 saturated carbocycles. The number of hydrogen-bond acceptors (Lipinski definition) is 7. The molecule has 3 aromatic rings. The van der Waals surface area contributed by atoms with Crippen LogP contribution in [0.1, 0.15) is 5.56 Å². The summed E-state index contributed by atoms with van der Waals surface area (Å²) in [6.45, 7) is 0. The van der Waals surface area contributed by atoms with Crippen LogP contribution in [-0.2, 0) is 6.18 Å². The molecule has 0 radical (unpaired) electrons. The molecule has 0 amide bonds. The Balaban J connectivity index is 2.15. The van der Waals surface area contributed by atoms with Crippen LogP contribution < -0.4 is 0 Å². The van der Waals surface area contributed by atoms with Crippen molar-refractivity contribution in [2.45, 2.75) is 6.18 Å². The smallest absolute Gasteiger partial charge is 0.417 e. The lowest BCUT2D eigenvalue weighted by Crippen LogP contribution is -2.08. The lowest BCUT2D eigenvalue weighted by Gasteiger charge is -2.11. The quantitative estimate of drug-likeness (QED) is 0.406. The summed E-state index contributed by atoms with van der Waals surface area (Å²) in [6.07, 6.45) is -1.55. The zero-order valence-electron chi connectivity index (χ0n) is 13.2. The number of alkyl halides is 3. The number of benzene rings is 1. The monoisotopic (exact) mass is 378 g/mol. The summed E-state index contributed by atoms with van der Waals surface area (Å²) in [4.78, 5) is 21.5. The highest BCUT2D eigenvalue weighted by Crippen LogP contribution is 2.40. The Labute approximate surface area is 148 Å². The van der Waals surface area contributed by atoms with E-state index in [0.717, 1.165) is 30.6 Å². The molecular formula is C16H9F3N4O4. The van der Waals surface area contributed by atoms with Gasteiger partial charge in [0.25, 0.3) is 0 Å². The third kappa shape index (κ3) is 3.47. The van der Waals surface area contributed by atoms with Crippen molar-refractivity contribution in [2.75, 3.05) is 0 Å². The van der Waals surface area contributed by atoms with Crippen LogP contribution in [0.2, 0.25) is 0 Å². The van der Waals surface area contributed by atoms with Crippen molar-refractivity contribution in [3.63, 3.8) is 0 Å². The molecule has 138 valence electrons. The average molecular weight is 378 g/mol. The molecule has 0 atom stereocenters. The molecule has 2 N–H and O–H groups in total. The Bertz CT molecular complexity index is 1040. The summed E-state index contributed by atoms with van der Waals surface area (Å²) >= 11 is 0. The molecule has 0 fully saturated rings. The normalized spacial score (nSPS) is 11.4. The van der Waals surface area contributed by atoms with Gasteiger partial charge in [-0.15, -0.1) is 0 Å². The van der Waals surface area contributed by atoms with Gasteiger partial charge in [-0.2, -0.15) is 13.2 Å². The van der Waals surface area contributed by atoms with Crippen LogP contribution in [0.25, 0.3) is 22.6 Å². The topological polar surface area (TPSA) is 122 Å². The van der Waals surface area contributed by atoms with Crippen molar-refractivity contribution < 1.29 is 28.3 Å². The van der Waals surface area contributed by atoms with Gasteiger partial charge >= 0.3 is 11.9 Å². The Kier molecular flexibility index (Phi) is 4.35. The zero-order chi connectivity index (χ0) is 19.8. The number of halogens is 3. The van der Waals surface area contributed by atoms with E-state index in [1.54, 1.807) is 0 Å². The third-order valence-corrected chi connectivity index (χ3v) is 3.59. The van der Waals surface area contributed by atoms with E-state index in [4.69, 9.17) is 0 Å². The van der Waals surface area contributed by atoms with Gasteiger partial charge in [-0.05, 0) is 18.2 Å². The molecule has 0 bridgehead atoms. The van der Waals surface area contributed by atoms with E-state index in [0.29, 0.717) is 0 Å². The molecule has 2 aromatic heterocycles. The van der Waals surface area contributed by atoms with E-state index >= 15 is 0 Å². The van der Waals surface area contributed by atoms with Crippen molar-refractivity contribution in [1.29, 1.82) is 0 Å². The minimum absolute atomic E-state index is 0.00961. The predicted octanol–water partition coefficient (Wildman–Crippen LogP) is 3.54. The second-order valence-electron chi connectivity index (χ2n) is 5.30. The number of nitro groups is 1. The molecule has 0 aliphatic rings. The zero-order valence-corrected chi connectivity index (χ0v) is 13.2. The Morgan fingerprint density at radius 3 is 2.52 bits per heavy atom. The van der Waals surface area contributed by atoms with Gasteiger partial charge in [0.05, 0.1) is 16.2 Å². The van der Waals surface area contributed by atoms with Crippen LogP contribution in [0.15, 0.2) is 42.9 Å². The lowest BCUT2D eigenvalue weighted by molar-refractivity contribution is -0.385. The third-order valence-electron chi connectivity index (χ3n) is 3.59. The SMILES string of the molecule is O=[N+]([O-])c1cc(-c2ccnc(-c3cnccc3C(F)(F)F)n2)cc(O)c1O. The standard InChI is InChI=1S/C16H9F3N4O4/c17-16(18,19)10-1-3-20-7-9(10)15-21-4-2-11(22-15)8-5-12(23(26)27)14(25)13(24)6-8/h1-7,24-25H. The maximum atomic E-state index is 13.2. The Morgan fingerprint density at radius 1 is 1.11 bits per heavy atom. The minimum Gasteiger partial charge on any atom is -0.504 e. The minimum atomic E-state index is -4.66. The van der Waals surface area contributed by atoms with Crippen LogP contribution in [0.3, 0.4) is 0 Å². The van der Waals surface area contributed by atoms with Crippen molar-refractivity contribution in [3.8, 4) is 34.1 Å². The number of aromatic hydroxyl groups is 2.